The fourth-order valence-corrected chi connectivity index (χ4v) is 2.70. The Bertz CT molecular complexity index is 553. The van der Waals surface area contributed by atoms with Gasteiger partial charge in [-0.15, -0.1) is 0 Å². The zero-order chi connectivity index (χ0) is 13.3. The highest BCUT2D eigenvalue weighted by atomic mass is 16.5. The summed E-state index contributed by atoms with van der Waals surface area (Å²) < 4.78 is 5.34. The minimum absolute atomic E-state index is 0.142. The second kappa shape index (κ2) is 4.78. The first-order valence-corrected chi connectivity index (χ1v) is 6.83. The van der Waals surface area contributed by atoms with Gasteiger partial charge < -0.3 is 10.3 Å². The van der Waals surface area contributed by atoms with E-state index in [1.807, 2.05) is 24.3 Å². The number of benzene rings is 1. The second-order valence-corrected chi connectivity index (χ2v) is 5.62. The summed E-state index contributed by atoms with van der Waals surface area (Å²) in [5, 5.41) is 4.05. The van der Waals surface area contributed by atoms with Crippen molar-refractivity contribution >= 4 is 0 Å². The van der Waals surface area contributed by atoms with E-state index in [1.54, 1.807) is 0 Å². The third kappa shape index (κ3) is 2.68. The van der Waals surface area contributed by atoms with E-state index in [4.69, 9.17) is 10.3 Å². The Labute approximate surface area is 113 Å². The van der Waals surface area contributed by atoms with E-state index < -0.39 is 0 Å². The summed E-state index contributed by atoms with van der Waals surface area (Å²) in [7, 11) is 0. The molecule has 1 saturated carbocycles. The summed E-state index contributed by atoms with van der Waals surface area (Å²) >= 11 is 0. The molecule has 100 valence electrons. The Hall–Kier alpha value is -1.68. The van der Waals surface area contributed by atoms with Gasteiger partial charge in [-0.1, -0.05) is 47.8 Å². The lowest BCUT2D eigenvalue weighted by molar-refractivity contribution is 0.329. The average Bonchev–Trinajstić information content (AvgIpc) is 3.00. The lowest BCUT2D eigenvalue weighted by Gasteiger charge is -2.20. The van der Waals surface area contributed by atoms with E-state index in [2.05, 4.69) is 17.1 Å². The van der Waals surface area contributed by atoms with Crippen LogP contribution in [-0.4, -0.2) is 15.7 Å². The minimum atomic E-state index is -0.142. The Morgan fingerprint density at radius 2 is 1.89 bits per heavy atom. The summed E-state index contributed by atoms with van der Waals surface area (Å²) in [5.41, 5.74) is 8.40. The Kier molecular flexibility index (Phi) is 3.11. The Morgan fingerprint density at radius 3 is 2.58 bits per heavy atom. The second-order valence-electron chi connectivity index (χ2n) is 5.62. The van der Waals surface area contributed by atoms with Crippen molar-refractivity contribution in [2.24, 2.45) is 5.73 Å². The zero-order valence-electron chi connectivity index (χ0n) is 11.2. The number of nitrogens with zero attached hydrogens (tertiary/aromatic N) is 2. The molecule has 1 aliphatic carbocycles. The van der Waals surface area contributed by atoms with Gasteiger partial charge in [0.25, 0.3) is 0 Å². The molecule has 0 amide bonds. The molecule has 0 aliphatic heterocycles. The third-order valence-electron chi connectivity index (χ3n) is 3.88. The van der Waals surface area contributed by atoms with E-state index in [0.717, 1.165) is 18.4 Å². The molecule has 2 N–H and O–H groups in total. The predicted molar refractivity (Wildman–Crippen MR) is 73.6 cm³/mol. The van der Waals surface area contributed by atoms with E-state index in [1.165, 1.54) is 18.4 Å². The van der Waals surface area contributed by atoms with Crippen molar-refractivity contribution in [1.29, 1.82) is 0 Å². The van der Waals surface area contributed by atoms with Crippen molar-refractivity contribution in [3.8, 4) is 11.4 Å². The monoisotopic (exact) mass is 257 g/mol. The van der Waals surface area contributed by atoms with Crippen molar-refractivity contribution < 1.29 is 4.52 Å². The molecular weight excluding hydrogens is 238 g/mol. The fraction of sp³-hybridized carbons (Fsp3) is 0.467. The van der Waals surface area contributed by atoms with Crippen LogP contribution in [0.4, 0.5) is 0 Å². The summed E-state index contributed by atoms with van der Waals surface area (Å²) in [6.07, 6.45) is 5.20. The maximum absolute atomic E-state index is 6.33. The molecular formula is C15H19N3O. The van der Waals surface area contributed by atoms with Crippen LogP contribution in [0.3, 0.4) is 0 Å². The van der Waals surface area contributed by atoms with Crippen LogP contribution in [0, 0.1) is 6.92 Å². The quantitative estimate of drug-likeness (QED) is 0.918. The first-order chi connectivity index (χ1) is 9.15. The van der Waals surface area contributed by atoms with Crippen molar-refractivity contribution in [1.82, 2.24) is 10.1 Å². The molecule has 1 heterocycles. The molecule has 1 aromatic carbocycles. The molecule has 4 heteroatoms. The van der Waals surface area contributed by atoms with Gasteiger partial charge in [-0.2, -0.15) is 4.98 Å². The smallest absolute Gasteiger partial charge is 0.228 e. The minimum Gasteiger partial charge on any atom is -0.339 e. The number of rotatable bonds is 3. The van der Waals surface area contributed by atoms with Gasteiger partial charge >= 0.3 is 0 Å². The normalized spacial score (nSPS) is 17.8. The highest BCUT2D eigenvalue weighted by molar-refractivity contribution is 5.54. The van der Waals surface area contributed by atoms with Crippen molar-refractivity contribution in [3.05, 3.63) is 35.7 Å². The molecule has 2 aromatic rings. The van der Waals surface area contributed by atoms with E-state index in [-0.39, 0.29) is 5.54 Å². The summed E-state index contributed by atoms with van der Waals surface area (Å²) in [6, 6.07) is 8.12. The van der Waals surface area contributed by atoms with Gasteiger partial charge in [0.1, 0.15) is 0 Å². The molecule has 0 unspecified atom stereocenters. The number of aryl methyl sites for hydroxylation is 1. The number of nitrogens with two attached hydrogens (primary N) is 1. The number of aromatic nitrogens is 2. The lowest BCUT2D eigenvalue weighted by atomic mass is 9.95. The van der Waals surface area contributed by atoms with Gasteiger partial charge in [0, 0.05) is 17.5 Å². The standard InChI is InChI=1S/C15H19N3O/c1-11-4-6-12(7-5-11)14-17-13(19-18-14)10-15(16)8-2-3-9-15/h4-7H,2-3,8-10,16H2,1H3. The number of hydrogen-bond donors (Lipinski definition) is 1. The zero-order valence-corrected chi connectivity index (χ0v) is 11.2. The molecule has 1 aromatic heterocycles. The largest absolute Gasteiger partial charge is 0.339 e. The molecule has 4 nitrogen and oxygen atoms in total. The molecule has 1 aliphatic rings. The highest BCUT2D eigenvalue weighted by Gasteiger charge is 2.31. The summed E-state index contributed by atoms with van der Waals surface area (Å²) in [5.74, 6) is 1.30. The molecule has 0 atom stereocenters. The molecule has 0 saturated heterocycles. The van der Waals surface area contributed by atoms with Gasteiger partial charge in [-0.3, -0.25) is 0 Å². The maximum Gasteiger partial charge on any atom is 0.228 e. The van der Waals surface area contributed by atoms with Gasteiger partial charge in [-0.05, 0) is 19.8 Å². The van der Waals surface area contributed by atoms with Crippen LogP contribution in [0.2, 0.25) is 0 Å². The Morgan fingerprint density at radius 1 is 1.21 bits per heavy atom. The van der Waals surface area contributed by atoms with Gasteiger partial charge in [0.2, 0.25) is 11.7 Å². The third-order valence-corrected chi connectivity index (χ3v) is 3.88. The van der Waals surface area contributed by atoms with Crippen LogP contribution in [0.25, 0.3) is 11.4 Å². The molecule has 1 fully saturated rings. The van der Waals surface area contributed by atoms with Crippen molar-refractivity contribution in [2.75, 3.05) is 0 Å². The molecule has 0 bridgehead atoms. The van der Waals surface area contributed by atoms with Crippen LogP contribution in [-0.2, 0) is 6.42 Å². The van der Waals surface area contributed by atoms with Gasteiger partial charge in [0.05, 0.1) is 0 Å². The van der Waals surface area contributed by atoms with Gasteiger partial charge in [0.15, 0.2) is 0 Å². The first kappa shape index (κ1) is 12.4. The maximum atomic E-state index is 6.33. The molecule has 3 rings (SSSR count). The molecule has 19 heavy (non-hydrogen) atoms. The highest BCUT2D eigenvalue weighted by Crippen LogP contribution is 2.30. The fourth-order valence-electron chi connectivity index (χ4n) is 2.70. The van der Waals surface area contributed by atoms with E-state index >= 15 is 0 Å². The molecule has 0 spiro atoms. The van der Waals surface area contributed by atoms with Crippen LogP contribution in [0.5, 0.6) is 0 Å². The number of hydrogen-bond acceptors (Lipinski definition) is 4. The topological polar surface area (TPSA) is 64.9 Å². The van der Waals surface area contributed by atoms with Crippen molar-refractivity contribution in [3.63, 3.8) is 0 Å². The van der Waals surface area contributed by atoms with Crippen molar-refractivity contribution in [2.45, 2.75) is 44.6 Å². The van der Waals surface area contributed by atoms with E-state index in [0.29, 0.717) is 18.1 Å². The SMILES string of the molecule is Cc1ccc(-c2noc(CC3(N)CCCC3)n2)cc1. The van der Waals surface area contributed by atoms with Crippen LogP contribution in [0.15, 0.2) is 28.8 Å². The van der Waals surface area contributed by atoms with Crippen LogP contribution >= 0.6 is 0 Å². The summed E-state index contributed by atoms with van der Waals surface area (Å²) in [4.78, 5) is 4.46. The van der Waals surface area contributed by atoms with E-state index in [9.17, 15) is 0 Å². The predicted octanol–water partition coefficient (Wildman–Crippen LogP) is 2.86. The van der Waals surface area contributed by atoms with Gasteiger partial charge in [-0.25, -0.2) is 0 Å². The first-order valence-electron chi connectivity index (χ1n) is 6.83. The Balaban J connectivity index is 1.77. The average molecular weight is 257 g/mol. The van der Waals surface area contributed by atoms with Crippen LogP contribution < -0.4 is 5.73 Å². The summed E-state index contributed by atoms with van der Waals surface area (Å²) in [6.45, 7) is 2.06. The lowest BCUT2D eigenvalue weighted by Crippen LogP contribution is -2.38. The van der Waals surface area contributed by atoms with Crippen LogP contribution in [0.1, 0.15) is 37.1 Å². The molecule has 0 radical (unpaired) electrons.